The van der Waals surface area contributed by atoms with Crippen LogP contribution in [0.4, 0.5) is 27.9 Å². The minimum absolute atomic E-state index is 0.0830. The lowest BCUT2D eigenvalue weighted by atomic mass is 10.1. The van der Waals surface area contributed by atoms with Gasteiger partial charge in [0, 0.05) is 43.8 Å². The number of likely N-dealkylation sites (tertiary alicyclic amines) is 1. The van der Waals surface area contributed by atoms with E-state index in [1.54, 1.807) is 6.20 Å². The van der Waals surface area contributed by atoms with Crippen LogP contribution in [-0.4, -0.2) is 59.0 Å². The molecule has 38 heavy (non-hydrogen) atoms. The van der Waals surface area contributed by atoms with Crippen LogP contribution in [0.25, 0.3) is 0 Å². The van der Waals surface area contributed by atoms with Crippen molar-refractivity contribution in [1.29, 1.82) is 0 Å². The number of halogens is 1. The predicted octanol–water partition coefficient (Wildman–Crippen LogP) is 4.10. The number of aromatic nitrogens is 2. The molecule has 1 fully saturated rings. The van der Waals surface area contributed by atoms with Gasteiger partial charge in [0.2, 0.25) is 11.9 Å². The van der Waals surface area contributed by atoms with Gasteiger partial charge in [-0.3, -0.25) is 4.79 Å². The fourth-order valence-corrected chi connectivity index (χ4v) is 4.41. The first-order valence-corrected chi connectivity index (χ1v) is 13.5. The predicted molar refractivity (Wildman–Crippen MR) is 154 cm³/mol. The van der Waals surface area contributed by atoms with Crippen molar-refractivity contribution in [3.05, 3.63) is 70.8 Å². The molecule has 0 bridgehead atoms. The molecule has 1 aliphatic rings. The molecule has 3 amide bonds. The minimum atomic E-state index is -0.581. The molecule has 3 aromatic rings. The van der Waals surface area contributed by atoms with E-state index in [9.17, 15) is 9.59 Å². The highest BCUT2D eigenvalue weighted by atomic mass is 79.9. The van der Waals surface area contributed by atoms with E-state index >= 15 is 0 Å². The molecule has 0 unspecified atom stereocenters. The molecular weight excluding hydrogens is 548 g/mol. The highest BCUT2D eigenvalue weighted by Gasteiger charge is 2.18. The van der Waals surface area contributed by atoms with E-state index in [1.807, 2.05) is 59.5 Å². The second kappa shape index (κ2) is 13.7. The highest BCUT2D eigenvalue weighted by Crippen LogP contribution is 2.23. The van der Waals surface area contributed by atoms with Gasteiger partial charge in [0.15, 0.2) is 0 Å². The summed E-state index contributed by atoms with van der Waals surface area (Å²) in [5, 5.41) is 12.3. The van der Waals surface area contributed by atoms with Crippen LogP contribution >= 0.6 is 15.9 Å². The zero-order valence-electron chi connectivity index (χ0n) is 21.1. The van der Waals surface area contributed by atoms with Crippen molar-refractivity contribution < 1.29 is 9.59 Å². The Hall–Kier alpha value is -3.70. The number of urea groups is 1. The van der Waals surface area contributed by atoms with E-state index in [1.165, 1.54) is 0 Å². The molecule has 10 nitrogen and oxygen atoms in total. The Kier molecular flexibility index (Phi) is 9.88. The summed E-state index contributed by atoms with van der Waals surface area (Å²) < 4.78 is 0.726. The average Bonchev–Trinajstić information content (AvgIpc) is 3.46. The van der Waals surface area contributed by atoms with Gasteiger partial charge in [-0.1, -0.05) is 36.4 Å². The molecular formula is C27H33BrN8O2. The van der Waals surface area contributed by atoms with Gasteiger partial charge < -0.3 is 31.9 Å². The second-order valence-corrected chi connectivity index (χ2v) is 9.94. The van der Waals surface area contributed by atoms with Gasteiger partial charge in [-0.2, -0.15) is 4.98 Å². The molecule has 1 aromatic heterocycles. The number of rotatable bonds is 11. The maximum absolute atomic E-state index is 12.4. The van der Waals surface area contributed by atoms with Crippen molar-refractivity contribution in [2.45, 2.75) is 31.7 Å². The normalized spacial score (nSPS) is 13.6. The number of carbonyl (C=O) groups excluding carboxylic acids is 2. The minimum Gasteiger partial charge on any atom is -0.369 e. The van der Waals surface area contributed by atoms with Crippen LogP contribution in [0.2, 0.25) is 0 Å². The number of nitrogens with one attached hydrogen (secondary N) is 4. The lowest BCUT2D eigenvalue weighted by Gasteiger charge is -2.16. The summed E-state index contributed by atoms with van der Waals surface area (Å²) in [6.45, 7) is 2.68. The van der Waals surface area contributed by atoms with Crippen LogP contribution in [0.3, 0.4) is 0 Å². The Morgan fingerprint density at radius 3 is 2.58 bits per heavy atom. The van der Waals surface area contributed by atoms with E-state index in [0.29, 0.717) is 43.4 Å². The Bertz CT molecular complexity index is 1220. The number of amides is 3. The van der Waals surface area contributed by atoms with Crippen LogP contribution in [-0.2, 0) is 11.2 Å². The maximum atomic E-state index is 12.4. The first-order chi connectivity index (χ1) is 18.5. The standard InChI is InChI=1S/C27H33BrN8O2/c28-22-18-32-26(33-20-10-6-11-21(17-20)34-27(38)36-14-4-5-15-36)35-24(22)30-12-7-13-31-25(37)23(29)16-19-8-2-1-3-9-19/h1-3,6,8-11,17-18,23H,4-5,7,12-16,29H2,(H,31,37)(H,34,38)(H2,30,32,33,35)/t23-/m0/s1. The molecule has 2 heterocycles. The number of nitrogens with zero attached hydrogens (tertiary/aromatic N) is 3. The zero-order chi connectivity index (χ0) is 26.7. The molecule has 4 rings (SSSR count). The first kappa shape index (κ1) is 27.3. The molecule has 0 radical (unpaired) electrons. The van der Waals surface area contributed by atoms with Crippen LogP contribution in [0.5, 0.6) is 0 Å². The third-order valence-electron chi connectivity index (χ3n) is 6.09. The van der Waals surface area contributed by atoms with Gasteiger partial charge in [-0.15, -0.1) is 0 Å². The fourth-order valence-electron chi connectivity index (χ4n) is 4.08. The monoisotopic (exact) mass is 580 g/mol. The van der Waals surface area contributed by atoms with Gasteiger partial charge in [0.1, 0.15) is 5.82 Å². The SMILES string of the molecule is N[C@@H](Cc1ccccc1)C(=O)NCCCNc1nc(Nc2cccc(NC(=O)N3CCCC3)c2)ncc1Br. The fraction of sp³-hybridized carbons (Fsp3) is 0.333. The zero-order valence-corrected chi connectivity index (χ0v) is 22.7. The average molecular weight is 582 g/mol. The quantitative estimate of drug-likeness (QED) is 0.215. The molecule has 1 atom stereocenters. The van der Waals surface area contributed by atoms with Crippen molar-refractivity contribution in [2.75, 3.05) is 42.1 Å². The van der Waals surface area contributed by atoms with Crippen LogP contribution in [0, 0.1) is 0 Å². The topological polar surface area (TPSA) is 137 Å². The van der Waals surface area contributed by atoms with E-state index in [4.69, 9.17) is 5.73 Å². The Balaban J connectivity index is 1.22. The summed E-state index contributed by atoms with van der Waals surface area (Å²) in [6.07, 6.45) is 4.96. The second-order valence-electron chi connectivity index (χ2n) is 9.09. The Labute approximate surface area is 230 Å². The van der Waals surface area contributed by atoms with E-state index in [0.717, 1.165) is 41.7 Å². The van der Waals surface area contributed by atoms with Gasteiger partial charge in [0.25, 0.3) is 0 Å². The Morgan fingerprint density at radius 2 is 1.79 bits per heavy atom. The van der Waals surface area contributed by atoms with Crippen molar-refractivity contribution in [3.8, 4) is 0 Å². The summed E-state index contributed by atoms with van der Waals surface area (Å²) in [5.74, 6) is 0.884. The molecule has 0 saturated carbocycles. The summed E-state index contributed by atoms with van der Waals surface area (Å²) in [6, 6.07) is 16.5. The van der Waals surface area contributed by atoms with Crippen LogP contribution in [0.1, 0.15) is 24.8 Å². The summed E-state index contributed by atoms with van der Waals surface area (Å²) in [7, 11) is 0. The van der Waals surface area contributed by atoms with Crippen molar-refractivity contribution in [1.82, 2.24) is 20.2 Å². The van der Waals surface area contributed by atoms with E-state index in [-0.39, 0.29) is 11.9 Å². The lowest BCUT2D eigenvalue weighted by molar-refractivity contribution is -0.122. The first-order valence-electron chi connectivity index (χ1n) is 12.7. The molecule has 200 valence electrons. The van der Waals surface area contributed by atoms with Crippen LogP contribution in [0.15, 0.2) is 65.3 Å². The maximum Gasteiger partial charge on any atom is 0.321 e. The van der Waals surface area contributed by atoms with E-state index in [2.05, 4.69) is 47.2 Å². The van der Waals surface area contributed by atoms with Crippen molar-refractivity contribution in [3.63, 3.8) is 0 Å². The third kappa shape index (κ3) is 8.15. The largest absolute Gasteiger partial charge is 0.369 e. The van der Waals surface area contributed by atoms with Gasteiger partial charge in [0.05, 0.1) is 10.5 Å². The van der Waals surface area contributed by atoms with Gasteiger partial charge in [-0.25, -0.2) is 9.78 Å². The van der Waals surface area contributed by atoms with Gasteiger partial charge in [-0.05, 0) is 65.4 Å². The number of anilines is 4. The van der Waals surface area contributed by atoms with Crippen LogP contribution < -0.4 is 27.0 Å². The molecule has 6 N–H and O–H groups in total. The third-order valence-corrected chi connectivity index (χ3v) is 6.67. The van der Waals surface area contributed by atoms with Crippen molar-refractivity contribution in [2.24, 2.45) is 5.73 Å². The number of hydrogen-bond donors (Lipinski definition) is 5. The summed E-state index contributed by atoms with van der Waals surface area (Å²) in [4.78, 5) is 35.4. The molecule has 1 saturated heterocycles. The number of hydrogen-bond acceptors (Lipinski definition) is 7. The highest BCUT2D eigenvalue weighted by molar-refractivity contribution is 9.10. The molecule has 11 heteroatoms. The van der Waals surface area contributed by atoms with Crippen molar-refractivity contribution >= 4 is 51.0 Å². The molecule has 2 aromatic carbocycles. The molecule has 1 aliphatic heterocycles. The summed E-state index contributed by atoms with van der Waals surface area (Å²) in [5.41, 5.74) is 8.53. The summed E-state index contributed by atoms with van der Waals surface area (Å²) >= 11 is 3.48. The molecule has 0 spiro atoms. The molecule has 0 aliphatic carbocycles. The number of benzene rings is 2. The smallest absolute Gasteiger partial charge is 0.321 e. The van der Waals surface area contributed by atoms with Gasteiger partial charge >= 0.3 is 6.03 Å². The van der Waals surface area contributed by atoms with E-state index < -0.39 is 6.04 Å². The number of carbonyl (C=O) groups is 2. The number of nitrogens with two attached hydrogens (primary N) is 1. The lowest BCUT2D eigenvalue weighted by Crippen LogP contribution is -2.42. The Morgan fingerprint density at radius 1 is 1.03 bits per heavy atom.